The van der Waals surface area contributed by atoms with Crippen molar-refractivity contribution in [2.75, 3.05) is 0 Å². The van der Waals surface area contributed by atoms with E-state index in [1.165, 1.54) is 29.2 Å². The molecule has 1 heterocycles. The van der Waals surface area contributed by atoms with Crippen molar-refractivity contribution in [3.8, 4) is 0 Å². The molecule has 0 aliphatic heterocycles. The highest BCUT2D eigenvalue weighted by molar-refractivity contribution is 5.23. The minimum atomic E-state index is -0.779. The number of hydrogen-bond donors (Lipinski definition) is 1. The zero-order chi connectivity index (χ0) is 12.4. The number of hydrogen-bond acceptors (Lipinski definition) is 3. The van der Waals surface area contributed by atoms with Crippen LogP contribution in [0.25, 0.3) is 0 Å². The number of benzene rings is 1. The van der Waals surface area contributed by atoms with Gasteiger partial charge >= 0.3 is 0 Å². The molecule has 0 aliphatic rings. The maximum absolute atomic E-state index is 13.5. The molecule has 0 bridgehead atoms. The minimum absolute atomic E-state index is 0.115. The van der Waals surface area contributed by atoms with Crippen LogP contribution in [0.4, 0.5) is 8.78 Å². The van der Waals surface area contributed by atoms with E-state index in [1.807, 2.05) is 0 Å². The van der Waals surface area contributed by atoms with Crippen molar-refractivity contribution in [2.24, 2.45) is 12.8 Å². The molecule has 17 heavy (non-hydrogen) atoms. The Hall–Kier alpha value is -1.82. The molecule has 1 atom stereocenters. The molecule has 4 nitrogen and oxygen atoms in total. The summed E-state index contributed by atoms with van der Waals surface area (Å²) >= 11 is 0. The maximum Gasteiger partial charge on any atom is 0.138 e. The fourth-order valence-electron chi connectivity index (χ4n) is 1.67. The van der Waals surface area contributed by atoms with E-state index in [-0.39, 0.29) is 12.0 Å². The van der Waals surface area contributed by atoms with Crippen molar-refractivity contribution < 1.29 is 8.78 Å². The summed E-state index contributed by atoms with van der Waals surface area (Å²) < 4.78 is 28.5. The predicted molar refractivity (Wildman–Crippen MR) is 58.0 cm³/mol. The van der Waals surface area contributed by atoms with Gasteiger partial charge in [0.15, 0.2) is 0 Å². The van der Waals surface area contributed by atoms with Gasteiger partial charge in [0.25, 0.3) is 0 Å². The van der Waals surface area contributed by atoms with Gasteiger partial charge in [-0.1, -0.05) is 6.07 Å². The Morgan fingerprint density at radius 1 is 1.35 bits per heavy atom. The van der Waals surface area contributed by atoms with E-state index in [0.29, 0.717) is 5.82 Å². The first-order valence-electron chi connectivity index (χ1n) is 5.12. The van der Waals surface area contributed by atoms with Crippen molar-refractivity contribution in [3.63, 3.8) is 0 Å². The lowest BCUT2D eigenvalue weighted by Crippen LogP contribution is -2.19. The first kappa shape index (κ1) is 11.7. The van der Waals surface area contributed by atoms with Gasteiger partial charge in [-0.05, 0) is 12.1 Å². The highest BCUT2D eigenvalue weighted by Crippen LogP contribution is 2.21. The summed E-state index contributed by atoms with van der Waals surface area (Å²) in [6, 6.07) is 2.91. The van der Waals surface area contributed by atoms with Gasteiger partial charge in [-0.15, -0.1) is 0 Å². The van der Waals surface area contributed by atoms with Crippen LogP contribution in [0, 0.1) is 11.6 Å². The highest BCUT2D eigenvalue weighted by atomic mass is 19.1. The molecule has 90 valence electrons. The Morgan fingerprint density at radius 3 is 2.53 bits per heavy atom. The van der Waals surface area contributed by atoms with Crippen LogP contribution in [-0.2, 0) is 13.5 Å². The number of aromatic nitrogens is 3. The second kappa shape index (κ2) is 4.58. The molecule has 0 fully saturated rings. The Labute approximate surface area is 97.1 Å². The molecule has 0 saturated carbocycles. The number of rotatable bonds is 3. The molecule has 2 aromatic rings. The van der Waals surface area contributed by atoms with Crippen LogP contribution in [0.2, 0.25) is 0 Å². The summed E-state index contributed by atoms with van der Waals surface area (Å²) in [5.41, 5.74) is 5.68. The van der Waals surface area contributed by atoms with E-state index in [1.54, 1.807) is 7.05 Å². The van der Waals surface area contributed by atoms with Gasteiger partial charge in [-0.25, -0.2) is 13.8 Å². The van der Waals surface area contributed by atoms with Gasteiger partial charge in [0, 0.05) is 25.1 Å². The van der Waals surface area contributed by atoms with Gasteiger partial charge < -0.3 is 5.73 Å². The fourth-order valence-corrected chi connectivity index (χ4v) is 1.67. The third-order valence-corrected chi connectivity index (χ3v) is 2.58. The van der Waals surface area contributed by atoms with Crippen LogP contribution in [-0.4, -0.2) is 14.8 Å². The minimum Gasteiger partial charge on any atom is -0.323 e. The number of aryl methyl sites for hydroxylation is 1. The highest BCUT2D eigenvalue weighted by Gasteiger charge is 2.18. The smallest absolute Gasteiger partial charge is 0.138 e. The molecule has 2 N–H and O–H groups in total. The normalized spacial score (nSPS) is 12.7. The first-order chi connectivity index (χ1) is 8.09. The van der Waals surface area contributed by atoms with Crippen molar-refractivity contribution in [3.05, 3.63) is 47.5 Å². The largest absolute Gasteiger partial charge is 0.323 e. The molecule has 0 aliphatic carbocycles. The summed E-state index contributed by atoms with van der Waals surface area (Å²) in [5, 5.41) is 3.87. The monoisotopic (exact) mass is 238 g/mol. The molecule has 0 amide bonds. The molecule has 2 rings (SSSR count). The second-order valence-electron chi connectivity index (χ2n) is 3.75. The van der Waals surface area contributed by atoms with Crippen LogP contribution in [0.5, 0.6) is 0 Å². The van der Waals surface area contributed by atoms with Crippen molar-refractivity contribution in [1.29, 1.82) is 0 Å². The second-order valence-corrected chi connectivity index (χ2v) is 3.75. The van der Waals surface area contributed by atoms with Crippen LogP contribution >= 0.6 is 0 Å². The lowest BCUT2D eigenvalue weighted by Gasteiger charge is -2.13. The quantitative estimate of drug-likeness (QED) is 0.877. The van der Waals surface area contributed by atoms with E-state index < -0.39 is 17.7 Å². The Kier molecular flexibility index (Phi) is 3.14. The topological polar surface area (TPSA) is 56.7 Å². The standard InChI is InChI=1S/C11H12F2N4/c1-17-10(15-6-16-17)5-9(14)11-7(12)3-2-4-8(11)13/h2-4,6,9H,5,14H2,1H3. The number of nitrogens with two attached hydrogens (primary N) is 1. The Balaban J connectivity index is 2.26. The maximum atomic E-state index is 13.5. The summed E-state index contributed by atoms with van der Waals surface area (Å²) in [6.45, 7) is 0. The van der Waals surface area contributed by atoms with Gasteiger partial charge in [-0.2, -0.15) is 5.10 Å². The molecule has 0 spiro atoms. The molecular weight excluding hydrogens is 226 g/mol. The third kappa shape index (κ3) is 2.31. The molecule has 1 aromatic carbocycles. The third-order valence-electron chi connectivity index (χ3n) is 2.58. The zero-order valence-electron chi connectivity index (χ0n) is 9.27. The zero-order valence-corrected chi connectivity index (χ0v) is 9.27. The summed E-state index contributed by atoms with van der Waals surface area (Å²) in [6.07, 6.45) is 1.61. The first-order valence-corrected chi connectivity index (χ1v) is 5.12. The van der Waals surface area contributed by atoms with Crippen molar-refractivity contribution in [1.82, 2.24) is 14.8 Å². The van der Waals surface area contributed by atoms with E-state index in [4.69, 9.17) is 5.73 Å². The summed E-state index contributed by atoms with van der Waals surface area (Å²) in [7, 11) is 1.70. The number of nitrogens with zero attached hydrogens (tertiary/aromatic N) is 3. The summed E-state index contributed by atoms with van der Waals surface area (Å²) in [4.78, 5) is 3.97. The SMILES string of the molecule is Cn1ncnc1CC(N)c1c(F)cccc1F. The average Bonchev–Trinajstić information content (AvgIpc) is 2.64. The van der Waals surface area contributed by atoms with Gasteiger partial charge in [0.05, 0.1) is 0 Å². The fraction of sp³-hybridized carbons (Fsp3) is 0.273. The molecule has 0 saturated heterocycles. The van der Waals surface area contributed by atoms with E-state index in [0.717, 1.165) is 0 Å². The van der Waals surface area contributed by atoms with Crippen LogP contribution in [0.15, 0.2) is 24.5 Å². The van der Waals surface area contributed by atoms with Crippen molar-refractivity contribution >= 4 is 0 Å². The van der Waals surface area contributed by atoms with Crippen molar-refractivity contribution in [2.45, 2.75) is 12.5 Å². The van der Waals surface area contributed by atoms with Gasteiger partial charge in [0.1, 0.15) is 23.8 Å². The molecule has 1 aromatic heterocycles. The summed E-state index contributed by atoms with van der Waals surface area (Å²) in [5.74, 6) is -0.695. The van der Waals surface area contributed by atoms with E-state index in [2.05, 4.69) is 10.1 Å². The molecule has 6 heteroatoms. The molecule has 1 unspecified atom stereocenters. The number of halogens is 2. The van der Waals surface area contributed by atoms with Crippen LogP contribution < -0.4 is 5.73 Å². The predicted octanol–water partition coefficient (Wildman–Crippen LogP) is 1.34. The van der Waals surface area contributed by atoms with E-state index in [9.17, 15) is 8.78 Å². The molecular formula is C11H12F2N4. The van der Waals surface area contributed by atoms with Crippen LogP contribution in [0.1, 0.15) is 17.4 Å². The molecule has 0 radical (unpaired) electrons. The Morgan fingerprint density at radius 2 is 2.00 bits per heavy atom. The Bertz CT molecular complexity index is 504. The van der Waals surface area contributed by atoms with Crippen LogP contribution in [0.3, 0.4) is 0 Å². The van der Waals surface area contributed by atoms with E-state index >= 15 is 0 Å². The van der Waals surface area contributed by atoms with Gasteiger partial charge in [0.2, 0.25) is 0 Å². The van der Waals surface area contributed by atoms with Gasteiger partial charge in [-0.3, -0.25) is 4.68 Å². The lowest BCUT2D eigenvalue weighted by molar-refractivity contribution is 0.515. The average molecular weight is 238 g/mol. The lowest BCUT2D eigenvalue weighted by atomic mass is 10.0.